The van der Waals surface area contributed by atoms with Gasteiger partial charge in [0, 0.05) is 59.5 Å². The van der Waals surface area contributed by atoms with Crippen molar-refractivity contribution >= 4 is 0 Å². The van der Waals surface area contributed by atoms with Crippen molar-refractivity contribution < 1.29 is 9.47 Å². The molecule has 0 aromatic carbocycles. The molecule has 0 atom stereocenters. The van der Waals surface area contributed by atoms with E-state index in [1.54, 1.807) is 7.11 Å². The van der Waals surface area contributed by atoms with Crippen LogP contribution in [0.1, 0.15) is 12.8 Å². The molecule has 5 heteroatoms. The van der Waals surface area contributed by atoms with Gasteiger partial charge in [-0.25, -0.2) is 0 Å². The zero-order valence-corrected chi connectivity index (χ0v) is 13.1. The molecule has 0 aromatic heterocycles. The van der Waals surface area contributed by atoms with E-state index in [0.717, 1.165) is 65.4 Å². The van der Waals surface area contributed by atoms with E-state index in [1.165, 1.54) is 19.6 Å². The average Bonchev–Trinajstić information content (AvgIpc) is 2.51. The Kier molecular flexibility index (Phi) is 11.2. The molecule has 2 saturated heterocycles. The molecule has 1 radical (unpaired) electrons. The van der Waals surface area contributed by atoms with Crippen LogP contribution in [0.4, 0.5) is 0 Å². The number of piperazine rings is 1. The largest absolute Gasteiger partial charge is 0.385 e. The van der Waals surface area contributed by atoms with Crippen molar-refractivity contribution in [2.75, 3.05) is 79.3 Å². The van der Waals surface area contributed by atoms with Gasteiger partial charge in [0.1, 0.15) is 0 Å². The van der Waals surface area contributed by atoms with Gasteiger partial charge in [-0.3, -0.25) is 4.90 Å². The van der Waals surface area contributed by atoms with Crippen molar-refractivity contribution in [1.82, 2.24) is 15.1 Å². The second-order valence-electron chi connectivity index (χ2n) is 5.25. The number of hydrogen-bond acceptors (Lipinski definition) is 5. The normalized spacial score (nSPS) is 21.3. The molecule has 2 heterocycles. The summed E-state index contributed by atoms with van der Waals surface area (Å²) in [6.45, 7) is 15.7. The fourth-order valence-electron chi connectivity index (χ4n) is 2.42. The van der Waals surface area contributed by atoms with E-state index < -0.39 is 0 Å². The van der Waals surface area contributed by atoms with Gasteiger partial charge in [0.2, 0.25) is 0 Å². The first kappa shape index (κ1) is 17.9. The Morgan fingerprint density at radius 2 is 1.70 bits per heavy atom. The number of ether oxygens (including phenoxy) is 2. The van der Waals surface area contributed by atoms with Gasteiger partial charge in [-0.15, -0.1) is 0 Å². The zero-order chi connectivity index (χ0) is 14.5. The molecule has 2 rings (SSSR count). The maximum absolute atomic E-state index is 5.18. The molecule has 1 N–H and O–H groups in total. The second-order valence-corrected chi connectivity index (χ2v) is 5.25. The van der Waals surface area contributed by atoms with E-state index in [1.807, 2.05) is 0 Å². The molecule has 0 saturated carbocycles. The average molecular weight is 286 g/mol. The fourth-order valence-corrected chi connectivity index (χ4v) is 2.42. The molecule has 20 heavy (non-hydrogen) atoms. The zero-order valence-electron chi connectivity index (χ0n) is 13.1. The summed E-state index contributed by atoms with van der Waals surface area (Å²) in [6, 6.07) is 0. The van der Waals surface area contributed by atoms with Crippen LogP contribution in [0, 0.1) is 6.92 Å². The second kappa shape index (κ2) is 12.5. The summed E-state index contributed by atoms with van der Waals surface area (Å²) < 4.78 is 10.2. The molecule has 119 valence electrons. The van der Waals surface area contributed by atoms with Crippen LogP contribution in [-0.2, 0) is 9.47 Å². The van der Waals surface area contributed by atoms with Crippen LogP contribution in [0.15, 0.2) is 0 Å². The molecule has 0 unspecified atom stereocenters. The van der Waals surface area contributed by atoms with Gasteiger partial charge in [0.05, 0.1) is 13.2 Å². The molecule has 2 aliphatic heterocycles. The highest BCUT2D eigenvalue weighted by molar-refractivity contribution is 4.66. The molecular weight excluding hydrogens is 254 g/mol. The summed E-state index contributed by atoms with van der Waals surface area (Å²) in [6.07, 6.45) is 2.18. The quantitative estimate of drug-likeness (QED) is 0.719. The van der Waals surface area contributed by atoms with Crippen LogP contribution in [0.25, 0.3) is 0 Å². The molecule has 0 spiro atoms. The molecule has 2 aliphatic rings. The van der Waals surface area contributed by atoms with Gasteiger partial charge in [0.15, 0.2) is 0 Å². The third-order valence-corrected chi connectivity index (χ3v) is 3.61. The van der Waals surface area contributed by atoms with E-state index in [0.29, 0.717) is 0 Å². The van der Waals surface area contributed by atoms with E-state index in [-0.39, 0.29) is 0 Å². The van der Waals surface area contributed by atoms with Crippen LogP contribution in [0.2, 0.25) is 0 Å². The van der Waals surface area contributed by atoms with Gasteiger partial charge in [0.25, 0.3) is 0 Å². The smallest absolute Gasteiger partial charge is 0.0594 e. The lowest BCUT2D eigenvalue weighted by molar-refractivity contribution is 0.0387. The number of hydrogen-bond donors (Lipinski definition) is 1. The minimum absolute atomic E-state index is 0.893. The summed E-state index contributed by atoms with van der Waals surface area (Å²) in [5.41, 5.74) is 0. The molecule has 0 aliphatic carbocycles. The van der Waals surface area contributed by atoms with Crippen molar-refractivity contribution in [3.05, 3.63) is 6.92 Å². The van der Waals surface area contributed by atoms with Gasteiger partial charge in [-0.2, -0.15) is 0 Å². The first-order chi connectivity index (χ1) is 9.86. The van der Waals surface area contributed by atoms with Crippen molar-refractivity contribution in [2.45, 2.75) is 12.8 Å². The minimum atomic E-state index is 0.893. The Bertz CT molecular complexity index is 203. The molecule has 5 nitrogen and oxygen atoms in total. The maximum atomic E-state index is 5.18. The lowest BCUT2D eigenvalue weighted by Gasteiger charge is -2.26. The monoisotopic (exact) mass is 286 g/mol. The predicted molar refractivity (Wildman–Crippen MR) is 83.0 cm³/mol. The number of methoxy groups -OCH3 is 1. The lowest BCUT2D eigenvalue weighted by atomic mass is 10.3. The maximum Gasteiger partial charge on any atom is 0.0594 e. The van der Waals surface area contributed by atoms with Gasteiger partial charge >= 0.3 is 0 Å². The lowest BCUT2D eigenvalue weighted by Crippen LogP contribution is -2.43. The Balaban J connectivity index is 0.000000204. The minimum Gasteiger partial charge on any atom is -0.385 e. The Morgan fingerprint density at radius 1 is 1.05 bits per heavy atom. The summed E-state index contributed by atoms with van der Waals surface area (Å²) >= 11 is 0. The van der Waals surface area contributed by atoms with Crippen LogP contribution in [-0.4, -0.2) is 89.1 Å². The van der Waals surface area contributed by atoms with E-state index in [4.69, 9.17) is 9.47 Å². The topological polar surface area (TPSA) is 37.0 Å². The first-order valence-electron chi connectivity index (χ1n) is 7.88. The fraction of sp³-hybridized carbons (Fsp3) is 0.933. The Hall–Kier alpha value is -0.200. The third kappa shape index (κ3) is 8.87. The van der Waals surface area contributed by atoms with Crippen molar-refractivity contribution in [3.63, 3.8) is 0 Å². The van der Waals surface area contributed by atoms with Crippen molar-refractivity contribution in [2.24, 2.45) is 0 Å². The number of morpholine rings is 1. The highest BCUT2D eigenvalue weighted by Crippen LogP contribution is 1.96. The summed E-state index contributed by atoms with van der Waals surface area (Å²) in [4.78, 5) is 4.87. The van der Waals surface area contributed by atoms with Crippen molar-refractivity contribution in [1.29, 1.82) is 0 Å². The standard InChI is InChI=1S/C8H18N2O.C7H14NO/c1-11-8-2-5-10-6-3-9-4-7-10;1-2-3-8-4-6-9-7-5-8/h9H,2-8H2,1H3;1-7H2. The molecule has 0 aromatic rings. The summed E-state index contributed by atoms with van der Waals surface area (Å²) in [7, 11) is 1.76. The van der Waals surface area contributed by atoms with Gasteiger partial charge in [-0.1, -0.05) is 6.92 Å². The number of nitrogens with zero attached hydrogens (tertiary/aromatic N) is 2. The SMILES string of the molecule is COCCCN1CCNCC1.[CH2]CCN1CCOCC1. The van der Waals surface area contributed by atoms with Crippen LogP contribution >= 0.6 is 0 Å². The van der Waals surface area contributed by atoms with Crippen molar-refractivity contribution in [3.8, 4) is 0 Å². The number of nitrogens with one attached hydrogen (secondary N) is 1. The molecular formula is C15H32N3O2. The first-order valence-corrected chi connectivity index (χ1v) is 7.88. The molecule has 0 amide bonds. The predicted octanol–water partition coefficient (Wildman–Crippen LogP) is 0.471. The highest BCUT2D eigenvalue weighted by Gasteiger charge is 2.08. The van der Waals surface area contributed by atoms with Crippen LogP contribution in [0.5, 0.6) is 0 Å². The Morgan fingerprint density at radius 3 is 2.30 bits per heavy atom. The molecule has 2 fully saturated rings. The van der Waals surface area contributed by atoms with Gasteiger partial charge < -0.3 is 19.7 Å². The van der Waals surface area contributed by atoms with E-state index in [2.05, 4.69) is 22.0 Å². The van der Waals surface area contributed by atoms with E-state index in [9.17, 15) is 0 Å². The third-order valence-electron chi connectivity index (χ3n) is 3.61. The summed E-state index contributed by atoms with van der Waals surface area (Å²) in [5, 5.41) is 3.33. The van der Waals surface area contributed by atoms with E-state index >= 15 is 0 Å². The van der Waals surface area contributed by atoms with Crippen LogP contribution < -0.4 is 5.32 Å². The summed E-state index contributed by atoms with van der Waals surface area (Å²) in [5.74, 6) is 0. The molecule has 0 bridgehead atoms. The van der Waals surface area contributed by atoms with Gasteiger partial charge in [-0.05, 0) is 19.4 Å². The highest BCUT2D eigenvalue weighted by atomic mass is 16.5. The number of rotatable bonds is 6. The van der Waals surface area contributed by atoms with Crippen LogP contribution in [0.3, 0.4) is 0 Å². The Labute approximate surface area is 124 Å².